The second-order valence-corrected chi connectivity index (χ2v) is 3.23. The minimum absolute atomic E-state index is 0.108. The van der Waals surface area contributed by atoms with Crippen molar-refractivity contribution in [3.63, 3.8) is 0 Å². The quantitative estimate of drug-likeness (QED) is 0.777. The predicted octanol–water partition coefficient (Wildman–Crippen LogP) is 3.16. The highest BCUT2D eigenvalue weighted by Gasteiger charge is 2.11. The van der Waals surface area contributed by atoms with Crippen LogP contribution < -0.4 is 4.74 Å². The number of halogens is 2. The molecule has 2 rings (SSSR count). The highest BCUT2D eigenvalue weighted by molar-refractivity contribution is 5.89. The van der Waals surface area contributed by atoms with E-state index in [4.69, 9.17) is 4.74 Å². The molecule has 0 radical (unpaired) electrons. The SMILES string of the molecule is C=Cc1c(F)cnc2c(F)cc(OC)cc12. The van der Waals surface area contributed by atoms with E-state index >= 15 is 0 Å². The molecule has 4 heteroatoms. The molecule has 0 aliphatic heterocycles. The third-order valence-electron chi connectivity index (χ3n) is 2.33. The maximum atomic E-state index is 13.6. The molecule has 0 saturated carbocycles. The Balaban J connectivity index is 2.90. The number of benzene rings is 1. The van der Waals surface area contributed by atoms with Gasteiger partial charge in [0, 0.05) is 17.0 Å². The second-order valence-electron chi connectivity index (χ2n) is 3.23. The van der Waals surface area contributed by atoms with Gasteiger partial charge in [0.15, 0.2) is 5.82 Å². The zero-order chi connectivity index (χ0) is 11.7. The molecule has 0 atom stereocenters. The Morgan fingerprint density at radius 2 is 2.06 bits per heavy atom. The summed E-state index contributed by atoms with van der Waals surface area (Å²) in [6.07, 6.45) is 2.31. The van der Waals surface area contributed by atoms with Gasteiger partial charge in [0.05, 0.1) is 13.3 Å². The number of fused-ring (bicyclic) bond motifs is 1. The van der Waals surface area contributed by atoms with Crippen molar-refractivity contribution in [2.24, 2.45) is 0 Å². The van der Waals surface area contributed by atoms with Crippen LogP contribution in [-0.2, 0) is 0 Å². The average Bonchev–Trinajstić information content (AvgIpc) is 2.28. The summed E-state index contributed by atoms with van der Waals surface area (Å²) in [5.41, 5.74) is 0.333. The van der Waals surface area contributed by atoms with Crippen molar-refractivity contribution in [2.75, 3.05) is 7.11 Å². The zero-order valence-electron chi connectivity index (χ0n) is 8.63. The van der Waals surface area contributed by atoms with Gasteiger partial charge in [-0.05, 0) is 6.07 Å². The van der Waals surface area contributed by atoms with E-state index < -0.39 is 11.6 Å². The number of ether oxygens (including phenoxy) is 1. The van der Waals surface area contributed by atoms with E-state index in [1.54, 1.807) is 0 Å². The third-order valence-corrected chi connectivity index (χ3v) is 2.33. The topological polar surface area (TPSA) is 22.1 Å². The zero-order valence-corrected chi connectivity index (χ0v) is 8.63. The van der Waals surface area contributed by atoms with E-state index in [0.717, 1.165) is 6.20 Å². The first kappa shape index (κ1) is 10.5. The van der Waals surface area contributed by atoms with Crippen molar-refractivity contribution in [2.45, 2.75) is 0 Å². The molecule has 1 aromatic heterocycles. The van der Waals surface area contributed by atoms with Gasteiger partial charge in [-0.25, -0.2) is 8.78 Å². The van der Waals surface area contributed by atoms with Gasteiger partial charge in [0.1, 0.15) is 17.1 Å². The summed E-state index contributed by atoms with van der Waals surface area (Å²) in [6.45, 7) is 3.50. The molecule has 0 fully saturated rings. The van der Waals surface area contributed by atoms with Gasteiger partial charge < -0.3 is 4.74 Å². The molecular formula is C12H9F2NO. The molecule has 0 bridgehead atoms. The normalized spacial score (nSPS) is 10.4. The fourth-order valence-electron chi connectivity index (χ4n) is 1.56. The molecule has 1 aromatic carbocycles. The lowest BCUT2D eigenvalue weighted by Gasteiger charge is -2.06. The molecule has 0 N–H and O–H groups in total. The standard InChI is InChI=1S/C12H9F2NO/c1-3-8-9-4-7(16-2)5-10(13)12(9)15-6-11(8)14/h3-6H,1H2,2H3. The van der Waals surface area contributed by atoms with Crippen LogP contribution in [0.2, 0.25) is 0 Å². The van der Waals surface area contributed by atoms with E-state index in [9.17, 15) is 8.78 Å². The highest BCUT2D eigenvalue weighted by atomic mass is 19.1. The van der Waals surface area contributed by atoms with Gasteiger partial charge in [0.2, 0.25) is 0 Å². The summed E-state index contributed by atoms with van der Waals surface area (Å²) in [4.78, 5) is 3.71. The molecule has 16 heavy (non-hydrogen) atoms. The summed E-state index contributed by atoms with van der Waals surface area (Å²) in [7, 11) is 1.42. The lowest BCUT2D eigenvalue weighted by atomic mass is 10.1. The molecule has 2 nitrogen and oxygen atoms in total. The Morgan fingerprint density at radius 3 is 2.69 bits per heavy atom. The van der Waals surface area contributed by atoms with Crippen LogP contribution in [0.1, 0.15) is 5.56 Å². The van der Waals surface area contributed by atoms with Crippen molar-refractivity contribution in [1.29, 1.82) is 0 Å². The molecule has 0 amide bonds. The monoisotopic (exact) mass is 221 g/mol. The van der Waals surface area contributed by atoms with E-state index in [1.807, 2.05) is 0 Å². The van der Waals surface area contributed by atoms with E-state index in [0.29, 0.717) is 11.1 Å². The summed E-state index contributed by atoms with van der Waals surface area (Å²) < 4.78 is 31.9. The fourth-order valence-corrected chi connectivity index (χ4v) is 1.56. The first-order valence-corrected chi connectivity index (χ1v) is 4.61. The van der Waals surface area contributed by atoms with Crippen molar-refractivity contribution < 1.29 is 13.5 Å². The Morgan fingerprint density at radius 1 is 1.31 bits per heavy atom. The van der Waals surface area contributed by atoms with Crippen LogP contribution in [0.15, 0.2) is 24.9 Å². The number of hydrogen-bond donors (Lipinski definition) is 0. The molecule has 0 unspecified atom stereocenters. The number of nitrogens with zero attached hydrogens (tertiary/aromatic N) is 1. The van der Waals surface area contributed by atoms with Gasteiger partial charge in [-0.2, -0.15) is 0 Å². The van der Waals surface area contributed by atoms with Gasteiger partial charge in [-0.1, -0.05) is 12.7 Å². The highest BCUT2D eigenvalue weighted by Crippen LogP contribution is 2.27. The number of pyridine rings is 1. The van der Waals surface area contributed by atoms with Crippen molar-refractivity contribution >= 4 is 17.0 Å². The Hall–Kier alpha value is -1.97. The lowest BCUT2D eigenvalue weighted by Crippen LogP contribution is -1.93. The van der Waals surface area contributed by atoms with Crippen LogP contribution in [0.3, 0.4) is 0 Å². The molecule has 0 saturated heterocycles. The van der Waals surface area contributed by atoms with Crippen LogP contribution in [-0.4, -0.2) is 12.1 Å². The van der Waals surface area contributed by atoms with Gasteiger partial charge >= 0.3 is 0 Å². The smallest absolute Gasteiger partial charge is 0.153 e. The first-order chi connectivity index (χ1) is 7.67. The molecular weight excluding hydrogens is 212 g/mol. The average molecular weight is 221 g/mol. The van der Waals surface area contributed by atoms with Crippen LogP contribution in [0.25, 0.3) is 17.0 Å². The summed E-state index contributed by atoms with van der Waals surface area (Å²) in [5.74, 6) is -0.756. The van der Waals surface area contributed by atoms with Crippen LogP contribution in [0, 0.1) is 11.6 Å². The van der Waals surface area contributed by atoms with Crippen molar-refractivity contribution in [3.05, 3.63) is 42.1 Å². The van der Waals surface area contributed by atoms with Crippen molar-refractivity contribution in [1.82, 2.24) is 4.98 Å². The number of methoxy groups -OCH3 is 1. The lowest BCUT2D eigenvalue weighted by molar-refractivity contribution is 0.412. The Labute approximate surface area is 91.2 Å². The summed E-state index contributed by atoms with van der Waals surface area (Å²) in [5, 5.41) is 0.354. The molecule has 0 spiro atoms. The third kappa shape index (κ3) is 1.52. The molecule has 2 aromatic rings. The second kappa shape index (κ2) is 3.89. The Kier molecular flexibility index (Phi) is 2.56. The molecule has 0 aliphatic rings. The molecule has 0 aliphatic carbocycles. The van der Waals surface area contributed by atoms with E-state index in [1.165, 1.54) is 25.3 Å². The van der Waals surface area contributed by atoms with Crippen molar-refractivity contribution in [3.8, 4) is 5.75 Å². The minimum atomic E-state index is -0.544. The van der Waals surface area contributed by atoms with Gasteiger partial charge in [0.25, 0.3) is 0 Å². The maximum Gasteiger partial charge on any atom is 0.153 e. The predicted molar refractivity (Wildman–Crippen MR) is 58.3 cm³/mol. The number of rotatable bonds is 2. The van der Waals surface area contributed by atoms with Crippen LogP contribution >= 0.6 is 0 Å². The number of aromatic nitrogens is 1. The summed E-state index contributed by atoms with van der Waals surface area (Å²) in [6, 6.07) is 2.74. The Bertz CT molecular complexity index is 566. The first-order valence-electron chi connectivity index (χ1n) is 4.61. The molecule has 1 heterocycles. The maximum absolute atomic E-state index is 13.6. The van der Waals surface area contributed by atoms with E-state index in [2.05, 4.69) is 11.6 Å². The largest absolute Gasteiger partial charge is 0.497 e. The number of hydrogen-bond acceptors (Lipinski definition) is 2. The fraction of sp³-hybridized carbons (Fsp3) is 0.0833. The van der Waals surface area contributed by atoms with E-state index in [-0.39, 0.29) is 11.1 Å². The minimum Gasteiger partial charge on any atom is -0.497 e. The van der Waals surface area contributed by atoms with Crippen LogP contribution in [0.4, 0.5) is 8.78 Å². The van der Waals surface area contributed by atoms with Gasteiger partial charge in [-0.15, -0.1) is 0 Å². The molecule has 82 valence electrons. The summed E-state index contributed by atoms with van der Waals surface area (Å²) >= 11 is 0. The van der Waals surface area contributed by atoms with Gasteiger partial charge in [-0.3, -0.25) is 4.98 Å². The van der Waals surface area contributed by atoms with Crippen LogP contribution in [0.5, 0.6) is 5.75 Å².